The van der Waals surface area contributed by atoms with Crippen LogP contribution in [0.25, 0.3) is 0 Å². The van der Waals surface area contributed by atoms with Gasteiger partial charge < -0.3 is 29.9 Å². The van der Waals surface area contributed by atoms with Crippen molar-refractivity contribution in [2.24, 2.45) is 11.8 Å². The Bertz CT molecular complexity index is 310. The minimum Gasteiger partial charge on any atom is -0.394 e. The van der Waals surface area contributed by atoms with E-state index in [0.29, 0.717) is 6.42 Å². The predicted octanol–water partition coefficient (Wildman–Crippen LogP) is -0.372. The Morgan fingerprint density at radius 3 is 2.40 bits per heavy atom. The van der Waals surface area contributed by atoms with Crippen LogP contribution in [-0.4, -0.2) is 63.8 Å². The monoisotopic (exact) mass is 290 g/mol. The normalized spacial score (nSPS) is 50.1. The van der Waals surface area contributed by atoms with Crippen LogP contribution in [0.4, 0.5) is 0 Å². The standard InChI is InChI=1S/C14H26O6/c1-7-3-4-9(5-10(7)16)19-14-8(2)12(17)13(18)11(6-15)20-14/h7-18H,3-6H2,1-2H3/t7-,8?,9?,10-,11-,12-,13-,14+/m1/s1. The van der Waals surface area contributed by atoms with Gasteiger partial charge >= 0.3 is 0 Å². The predicted molar refractivity (Wildman–Crippen MR) is 70.8 cm³/mol. The van der Waals surface area contributed by atoms with Gasteiger partial charge in [-0.2, -0.15) is 0 Å². The van der Waals surface area contributed by atoms with Gasteiger partial charge in [-0.05, 0) is 25.2 Å². The van der Waals surface area contributed by atoms with E-state index >= 15 is 0 Å². The lowest BCUT2D eigenvalue weighted by atomic mass is 9.86. The molecule has 6 heteroatoms. The van der Waals surface area contributed by atoms with Gasteiger partial charge in [0.2, 0.25) is 0 Å². The summed E-state index contributed by atoms with van der Waals surface area (Å²) < 4.78 is 11.4. The molecule has 4 N–H and O–H groups in total. The number of hydrogen-bond donors (Lipinski definition) is 4. The van der Waals surface area contributed by atoms with Gasteiger partial charge in [0.05, 0.1) is 24.9 Å². The van der Waals surface area contributed by atoms with E-state index in [-0.39, 0.29) is 30.7 Å². The molecule has 1 saturated heterocycles. The van der Waals surface area contributed by atoms with Crippen LogP contribution in [-0.2, 0) is 9.47 Å². The van der Waals surface area contributed by atoms with E-state index in [1.54, 1.807) is 6.92 Å². The van der Waals surface area contributed by atoms with Gasteiger partial charge in [0.15, 0.2) is 6.29 Å². The molecule has 2 unspecified atom stereocenters. The van der Waals surface area contributed by atoms with Crippen molar-refractivity contribution in [2.75, 3.05) is 6.61 Å². The maximum atomic E-state index is 9.97. The molecule has 0 spiro atoms. The highest BCUT2D eigenvalue weighted by atomic mass is 16.7. The van der Waals surface area contributed by atoms with Gasteiger partial charge in [-0.15, -0.1) is 0 Å². The summed E-state index contributed by atoms with van der Waals surface area (Å²) in [6.07, 6.45) is -1.81. The zero-order chi connectivity index (χ0) is 14.9. The van der Waals surface area contributed by atoms with E-state index in [0.717, 1.165) is 12.8 Å². The van der Waals surface area contributed by atoms with Gasteiger partial charge in [-0.1, -0.05) is 13.8 Å². The maximum absolute atomic E-state index is 9.97. The van der Waals surface area contributed by atoms with Gasteiger partial charge in [0, 0.05) is 5.92 Å². The minimum absolute atomic E-state index is 0.115. The second-order valence-electron chi connectivity index (χ2n) is 6.18. The highest BCUT2D eigenvalue weighted by molar-refractivity contribution is 4.88. The van der Waals surface area contributed by atoms with Crippen molar-refractivity contribution in [3.05, 3.63) is 0 Å². The molecule has 2 fully saturated rings. The summed E-state index contributed by atoms with van der Waals surface area (Å²) in [6, 6.07) is 0. The largest absolute Gasteiger partial charge is 0.394 e. The Morgan fingerprint density at radius 2 is 1.80 bits per heavy atom. The number of rotatable bonds is 3. The van der Waals surface area contributed by atoms with E-state index in [4.69, 9.17) is 9.47 Å². The maximum Gasteiger partial charge on any atom is 0.163 e. The molecule has 0 amide bonds. The highest BCUT2D eigenvalue weighted by Gasteiger charge is 2.43. The molecule has 0 aromatic carbocycles. The topological polar surface area (TPSA) is 99.4 Å². The molecule has 1 aliphatic heterocycles. The van der Waals surface area contributed by atoms with Gasteiger partial charge in [-0.25, -0.2) is 0 Å². The molecule has 1 aliphatic carbocycles. The zero-order valence-corrected chi connectivity index (χ0v) is 12.1. The van der Waals surface area contributed by atoms with Crippen molar-refractivity contribution in [2.45, 2.75) is 69.9 Å². The van der Waals surface area contributed by atoms with Gasteiger partial charge in [0.25, 0.3) is 0 Å². The Kier molecular flexibility index (Phi) is 5.39. The summed E-state index contributed by atoms with van der Waals surface area (Å²) in [6.45, 7) is 3.39. The van der Waals surface area contributed by atoms with E-state index in [1.807, 2.05) is 6.92 Å². The Labute approximate surface area is 119 Å². The first kappa shape index (κ1) is 16.1. The van der Waals surface area contributed by atoms with Gasteiger partial charge in [0.1, 0.15) is 12.2 Å². The third-order valence-corrected chi connectivity index (χ3v) is 4.62. The molecular formula is C14H26O6. The second kappa shape index (κ2) is 6.68. The van der Waals surface area contributed by atoms with Crippen LogP contribution in [0.2, 0.25) is 0 Å². The Balaban J connectivity index is 1.94. The highest BCUT2D eigenvalue weighted by Crippen LogP contribution is 2.32. The molecular weight excluding hydrogens is 264 g/mol. The molecule has 118 valence electrons. The molecule has 6 nitrogen and oxygen atoms in total. The van der Waals surface area contributed by atoms with Crippen LogP contribution in [0.5, 0.6) is 0 Å². The lowest BCUT2D eigenvalue weighted by molar-refractivity contribution is -0.298. The summed E-state index contributed by atoms with van der Waals surface area (Å²) in [7, 11) is 0. The number of ether oxygens (including phenoxy) is 2. The third-order valence-electron chi connectivity index (χ3n) is 4.62. The Hall–Kier alpha value is -0.240. The Morgan fingerprint density at radius 1 is 1.10 bits per heavy atom. The van der Waals surface area contributed by atoms with Crippen LogP contribution in [0.1, 0.15) is 33.1 Å². The van der Waals surface area contributed by atoms with Crippen LogP contribution in [0.15, 0.2) is 0 Å². The third kappa shape index (κ3) is 3.32. The number of aliphatic hydroxyl groups is 4. The van der Waals surface area contributed by atoms with Crippen LogP contribution >= 0.6 is 0 Å². The van der Waals surface area contributed by atoms with Crippen molar-refractivity contribution >= 4 is 0 Å². The van der Waals surface area contributed by atoms with Crippen LogP contribution in [0.3, 0.4) is 0 Å². The molecule has 2 rings (SSSR count). The molecule has 0 aromatic heterocycles. The molecule has 0 bridgehead atoms. The number of aliphatic hydroxyl groups excluding tert-OH is 4. The summed E-state index contributed by atoms with van der Waals surface area (Å²) in [4.78, 5) is 0. The summed E-state index contributed by atoms with van der Waals surface area (Å²) >= 11 is 0. The molecule has 0 aromatic rings. The zero-order valence-electron chi connectivity index (χ0n) is 12.1. The summed E-state index contributed by atoms with van der Waals surface area (Å²) in [5, 5.41) is 38.8. The van der Waals surface area contributed by atoms with Crippen molar-refractivity contribution in [3.63, 3.8) is 0 Å². The first-order valence-corrected chi connectivity index (χ1v) is 7.40. The van der Waals surface area contributed by atoms with E-state index in [2.05, 4.69) is 0 Å². The van der Waals surface area contributed by atoms with Crippen molar-refractivity contribution in [1.29, 1.82) is 0 Å². The lowest BCUT2D eigenvalue weighted by Gasteiger charge is -2.43. The lowest BCUT2D eigenvalue weighted by Crippen LogP contribution is -2.56. The van der Waals surface area contributed by atoms with Crippen molar-refractivity contribution in [1.82, 2.24) is 0 Å². The molecule has 20 heavy (non-hydrogen) atoms. The average Bonchev–Trinajstić information content (AvgIpc) is 2.43. The van der Waals surface area contributed by atoms with Crippen molar-refractivity contribution in [3.8, 4) is 0 Å². The van der Waals surface area contributed by atoms with Crippen LogP contribution in [0, 0.1) is 11.8 Å². The van der Waals surface area contributed by atoms with E-state index in [9.17, 15) is 20.4 Å². The molecule has 8 atom stereocenters. The SMILES string of the molecule is CC1[C@@H](OC2CC[C@@H](C)[C@H](O)C2)O[C@H](CO)[C@@H](O)[C@@H]1O. The fraction of sp³-hybridized carbons (Fsp3) is 1.00. The molecule has 2 aliphatic rings. The van der Waals surface area contributed by atoms with E-state index in [1.165, 1.54) is 0 Å². The fourth-order valence-electron chi connectivity index (χ4n) is 2.95. The molecule has 0 radical (unpaired) electrons. The first-order chi connectivity index (χ1) is 9.43. The van der Waals surface area contributed by atoms with Gasteiger partial charge in [-0.3, -0.25) is 0 Å². The minimum atomic E-state index is -1.10. The molecule has 1 heterocycles. The second-order valence-corrected chi connectivity index (χ2v) is 6.18. The van der Waals surface area contributed by atoms with Crippen LogP contribution < -0.4 is 0 Å². The quantitative estimate of drug-likeness (QED) is 0.566. The smallest absolute Gasteiger partial charge is 0.163 e. The first-order valence-electron chi connectivity index (χ1n) is 7.40. The van der Waals surface area contributed by atoms with E-state index < -0.39 is 24.6 Å². The summed E-state index contributed by atoms with van der Waals surface area (Å²) in [5.74, 6) is -0.110. The summed E-state index contributed by atoms with van der Waals surface area (Å²) in [5.41, 5.74) is 0. The fourth-order valence-corrected chi connectivity index (χ4v) is 2.95. The van der Waals surface area contributed by atoms with Crippen molar-refractivity contribution < 1.29 is 29.9 Å². The average molecular weight is 290 g/mol. The number of hydrogen-bond acceptors (Lipinski definition) is 6. The molecule has 1 saturated carbocycles.